The van der Waals surface area contributed by atoms with Gasteiger partial charge in [0.15, 0.2) is 0 Å². The summed E-state index contributed by atoms with van der Waals surface area (Å²) in [5, 5.41) is 0. The predicted octanol–water partition coefficient (Wildman–Crippen LogP) is 5.33. The SMILES string of the molecule is Cc1ccccc1-c1c[c]([Ge]([CH3])([CH3])[CH3])c(C(C)C2CCCC2)c[n+]1C. The summed E-state index contributed by atoms with van der Waals surface area (Å²) in [6.45, 7) is 4.71. The predicted molar refractivity (Wildman–Crippen MR) is 111 cm³/mol. The van der Waals surface area contributed by atoms with Crippen molar-refractivity contribution in [1.82, 2.24) is 0 Å². The van der Waals surface area contributed by atoms with Crippen LogP contribution in [0.2, 0.25) is 17.3 Å². The van der Waals surface area contributed by atoms with Crippen LogP contribution >= 0.6 is 0 Å². The summed E-state index contributed by atoms with van der Waals surface area (Å²) in [6, 6.07) is 11.3. The number of nitrogens with zero attached hydrogens (tertiary/aromatic N) is 1. The van der Waals surface area contributed by atoms with E-state index in [1.807, 2.05) is 0 Å². The Kier molecular flexibility index (Phi) is 5.43. The minimum absolute atomic E-state index is 0.694. The fraction of sp³-hybridized carbons (Fsp3) is 0.522. The molecule has 0 N–H and O–H groups in total. The van der Waals surface area contributed by atoms with E-state index in [0.29, 0.717) is 5.92 Å². The van der Waals surface area contributed by atoms with E-state index < -0.39 is 13.3 Å². The number of benzene rings is 1. The molecule has 1 heterocycles. The van der Waals surface area contributed by atoms with E-state index in [2.05, 4.69) is 79.3 Å². The number of hydrogen-bond acceptors (Lipinski definition) is 0. The van der Waals surface area contributed by atoms with Crippen LogP contribution in [0.25, 0.3) is 11.3 Å². The van der Waals surface area contributed by atoms with Gasteiger partial charge >= 0.3 is 157 Å². The molecule has 1 aromatic carbocycles. The van der Waals surface area contributed by atoms with Crippen molar-refractivity contribution in [2.75, 3.05) is 0 Å². The Morgan fingerprint density at radius 2 is 1.72 bits per heavy atom. The Labute approximate surface area is 156 Å². The van der Waals surface area contributed by atoms with Gasteiger partial charge in [-0.15, -0.1) is 0 Å². The fourth-order valence-electron chi connectivity index (χ4n) is 4.52. The van der Waals surface area contributed by atoms with Gasteiger partial charge < -0.3 is 0 Å². The molecule has 1 fully saturated rings. The van der Waals surface area contributed by atoms with E-state index in [4.69, 9.17) is 0 Å². The van der Waals surface area contributed by atoms with Gasteiger partial charge in [-0.2, -0.15) is 0 Å². The molecule has 0 bridgehead atoms. The zero-order valence-electron chi connectivity index (χ0n) is 16.9. The van der Waals surface area contributed by atoms with E-state index in [0.717, 1.165) is 5.92 Å². The van der Waals surface area contributed by atoms with E-state index in [9.17, 15) is 0 Å². The van der Waals surface area contributed by atoms with E-state index in [1.165, 1.54) is 42.5 Å². The molecule has 1 aromatic heterocycles. The van der Waals surface area contributed by atoms with Gasteiger partial charge in [0.05, 0.1) is 0 Å². The molecule has 134 valence electrons. The van der Waals surface area contributed by atoms with Crippen molar-refractivity contribution in [2.24, 2.45) is 13.0 Å². The van der Waals surface area contributed by atoms with Gasteiger partial charge in [0, 0.05) is 0 Å². The second-order valence-corrected chi connectivity index (χ2v) is 19.6. The van der Waals surface area contributed by atoms with Gasteiger partial charge in [0.25, 0.3) is 0 Å². The second kappa shape index (κ2) is 7.27. The van der Waals surface area contributed by atoms with Crippen molar-refractivity contribution >= 4 is 17.7 Å². The Balaban J connectivity index is 2.14. The maximum absolute atomic E-state index is 2.54. The Bertz CT molecular complexity index is 751. The monoisotopic (exact) mass is 398 g/mol. The molecule has 0 aliphatic heterocycles. The number of hydrogen-bond donors (Lipinski definition) is 0. The molecule has 0 saturated heterocycles. The van der Waals surface area contributed by atoms with Crippen LogP contribution in [0.1, 0.15) is 49.7 Å². The van der Waals surface area contributed by atoms with Crippen LogP contribution in [0.5, 0.6) is 0 Å². The van der Waals surface area contributed by atoms with Crippen LogP contribution in [0.15, 0.2) is 36.5 Å². The summed E-state index contributed by atoms with van der Waals surface area (Å²) in [4.78, 5) is 0. The van der Waals surface area contributed by atoms with Crippen molar-refractivity contribution in [2.45, 2.75) is 62.7 Å². The zero-order chi connectivity index (χ0) is 18.2. The number of aryl methyl sites for hydroxylation is 2. The quantitative estimate of drug-likeness (QED) is 0.486. The fourth-order valence-corrected chi connectivity index (χ4v) is 8.15. The first-order valence-corrected chi connectivity index (χ1v) is 17.2. The van der Waals surface area contributed by atoms with Gasteiger partial charge in [-0.05, 0) is 0 Å². The van der Waals surface area contributed by atoms with E-state index >= 15 is 0 Å². The third-order valence-electron chi connectivity index (χ3n) is 6.13. The molecule has 1 aliphatic rings. The van der Waals surface area contributed by atoms with Crippen molar-refractivity contribution in [3.63, 3.8) is 0 Å². The molecule has 2 heteroatoms. The van der Waals surface area contributed by atoms with Crippen molar-refractivity contribution < 1.29 is 4.57 Å². The van der Waals surface area contributed by atoms with Crippen LogP contribution < -0.4 is 8.96 Å². The normalized spacial score (nSPS) is 17.0. The van der Waals surface area contributed by atoms with Gasteiger partial charge in [-0.3, -0.25) is 0 Å². The van der Waals surface area contributed by atoms with Crippen molar-refractivity contribution in [1.29, 1.82) is 0 Å². The van der Waals surface area contributed by atoms with Crippen molar-refractivity contribution in [3.05, 3.63) is 47.7 Å². The second-order valence-electron chi connectivity index (χ2n) is 9.04. The molecular weight excluding hydrogens is 363 g/mol. The maximum atomic E-state index is 2.54. The molecule has 1 saturated carbocycles. The first kappa shape index (κ1) is 18.7. The number of aromatic nitrogens is 1. The van der Waals surface area contributed by atoms with Gasteiger partial charge in [0.2, 0.25) is 0 Å². The molecule has 1 unspecified atom stereocenters. The van der Waals surface area contributed by atoms with Crippen LogP contribution in [-0.4, -0.2) is 13.3 Å². The van der Waals surface area contributed by atoms with Gasteiger partial charge in [-0.1, -0.05) is 0 Å². The molecule has 0 amide bonds. The van der Waals surface area contributed by atoms with Crippen LogP contribution in [0.4, 0.5) is 0 Å². The van der Waals surface area contributed by atoms with Gasteiger partial charge in [-0.25, -0.2) is 0 Å². The standard InChI is InChI=1S/C23H34GeN/c1-17-11-7-10-14-20(17)23-15-22(24(3,4)5)21(16-25(23)6)18(2)19-12-8-9-13-19/h7,10-11,14-16,18-19H,8-9,12-13H2,1-6H3/q+1. The average molecular weight is 397 g/mol. The topological polar surface area (TPSA) is 3.88 Å². The van der Waals surface area contributed by atoms with Crippen LogP contribution in [0, 0.1) is 12.8 Å². The third-order valence-corrected chi connectivity index (χ3v) is 10.4. The van der Waals surface area contributed by atoms with Crippen molar-refractivity contribution in [3.8, 4) is 11.3 Å². The number of pyridine rings is 1. The third kappa shape index (κ3) is 3.87. The molecule has 2 aromatic rings. The molecule has 1 aliphatic carbocycles. The summed E-state index contributed by atoms with van der Waals surface area (Å²) in [5.74, 6) is 9.21. The molecule has 25 heavy (non-hydrogen) atoms. The first-order valence-electron chi connectivity index (χ1n) is 9.89. The summed E-state index contributed by atoms with van der Waals surface area (Å²) < 4.78 is 4.08. The number of rotatable bonds is 4. The molecule has 0 spiro atoms. The summed E-state index contributed by atoms with van der Waals surface area (Å²) in [6.07, 6.45) is 8.15. The zero-order valence-corrected chi connectivity index (χ0v) is 19.0. The van der Waals surface area contributed by atoms with E-state index in [-0.39, 0.29) is 0 Å². The first-order chi connectivity index (χ1) is 11.8. The summed E-state index contributed by atoms with van der Waals surface area (Å²) >= 11 is -1.96. The Morgan fingerprint density at radius 1 is 1.08 bits per heavy atom. The minimum atomic E-state index is -1.96. The molecule has 1 atom stereocenters. The Hall–Kier alpha value is -1.09. The Morgan fingerprint density at radius 3 is 2.32 bits per heavy atom. The van der Waals surface area contributed by atoms with E-state index in [1.54, 1.807) is 9.96 Å². The summed E-state index contributed by atoms with van der Waals surface area (Å²) in [5.41, 5.74) is 5.75. The molecule has 0 radical (unpaired) electrons. The average Bonchev–Trinajstić information content (AvgIpc) is 3.08. The van der Waals surface area contributed by atoms with Crippen LogP contribution in [-0.2, 0) is 7.05 Å². The summed E-state index contributed by atoms with van der Waals surface area (Å²) in [7, 11) is 2.23. The molecule has 3 rings (SSSR count). The molecular formula is C23H34GeN+. The van der Waals surface area contributed by atoms with Gasteiger partial charge in [0.1, 0.15) is 0 Å². The van der Waals surface area contributed by atoms with Crippen LogP contribution in [0.3, 0.4) is 0 Å². The molecule has 1 nitrogen and oxygen atoms in total.